The molecule has 5 rings (SSSR count). The van der Waals surface area contributed by atoms with Gasteiger partial charge < -0.3 is 4.57 Å². The third-order valence-corrected chi connectivity index (χ3v) is 5.16. The van der Waals surface area contributed by atoms with Crippen LogP contribution in [0.15, 0.2) is 42.7 Å². The van der Waals surface area contributed by atoms with Gasteiger partial charge >= 0.3 is 0 Å². The van der Waals surface area contributed by atoms with Crippen molar-refractivity contribution >= 4 is 0 Å². The molecule has 0 N–H and O–H groups in total. The standard InChI is InChI=1S/C18H20N10/c1-13(17-22-23-24-28(17)15-6-4-3-5-7-15)26-8-9-27-16(12-26)20-21-18(27)14-10-19-25(2)11-14/h3-7,10-11,13H,8-9,12H2,1-2H3. The van der Waals surface area contributed by atoms with Crippen LogP contribution in [0.4, 0.5) is 0 Å². The number of fused-ring (bicyclic) bond motifs is 1. The second kappa shape index (κ2) is 6.64. The van der Waals surface area contributed by atoms with Gasteiger partial charge in [-0.05, 0) is 29.5 Å². The fourth-order valence-electron chi connectivity index (χ4n) is 3.63. The zero-order valence-corrected chi connectivity index (χ0v) is 15.7. The molecule has 4 heterocycles. The van der Waals surface area contributed by atoms with Crippen molar-refractivity contribution < 1.29 is 0 Å². The van der Waals surface area contributed by atoms with Crippen LogP contribution in [0.2, 0.25) is 0 Å². The van der Waals surface area contributed by atoms with Crippen molar-refractivity contribution in [3.63, 3.8) is 0 Å². The first-order chi connectivity index (χ1) is 13.7. The van der Waals surface area contributed by atoms with E-state index >= 15 is 0 Å². The lowest BCUT2D eigenvalue weighted by molar-refractivity contribution is 0.156. The quantitative estimate of drug-likeness (QED) is 0.529. The first-order valence-corrected chi connectivity index (χ1v) is 9.19. The molecule has 0 amide bonds. The van der Waals surface area contributed by atoms with E-state index < -0.39 is 0 Å². The van der Waals surface area contributed by atoms with Gasteiger partial charge in [-0.3, -0.25) is 9.58 Å². The van der Waals surface area contributed by atoms with Crippen LogP contribution in [0.5, 0.6) is 0 Å². The van der Waals surface area contributed by atoms with Crippen LogP contribution < -0.4 is 0 Å². The maximum absolute atomic E-state index is 4.41. The molecule has 0 bridgehead atoms. The van der Waals surface area contributed by atoms with E-state index in [1.807, 2.05) is 49.8 Å². The van der Waals surface area contributed by atoms with Crippen LogP contribution >= 0.6 is 0 Å². The van der Waals surface area contributed by atoms with Gasteiger partial charge in [0.05, 0.1) is 30.0 Å². The van der Waals surface area contributed by atoms with Gasteiger partial charge in [-0.25, -0.2) is 0 Å². The summed E-state index contributed by atoms with van der Waals surface area (Å²) in [6, 6.07) is 9.99. The summed E-state index contributed by atoms with van der Waals surface area (Å²) in [6.07, 6.45) is 3.78. The number of aromatic nitrogens is 9. The van der Waals surface area contributed by atoms with Gasteiger partial charge in [-0.15, -0.1) is 15.3 Å². The summed E-state index contributed by atoms with van der Waals surface area (Å²) in [7, 11) is 1.90. The smallest absolute Gasteiger partial charge is 0.173 e. The second-order valence-electron chi connectivity index (χ2n) is 6.93. The Morgan fingerprint density at radius 1 is 1.04 bits per heavy atom. The highest BCUT2D eigenvalue weighted by Gasteiger charge is 2.28. The van der Waals surface area contributed by atoms with E-state index in [0.29, 0.717) is 6.54 Å². The second-order valence-corrected chi connectivity index (χ2v) is 6.93. The van der Waals surface area contributed by atoms with Crippen molar-refractivity contribution in [3.05, 3.63) is 54.4 Å². The van der Waals surface area contributed by atoms with E-state index in [1.54, 1.807) is 9.36 Å². The molecule has 0 saturated carbocycles. The first-order valence-electron chi connectivity index (χ1n) is 9.19. The van der Waals surface area contributed by atoms with Gasteiger partial charge in [-0.2, -0.15) is 9.78 Å². The Morgan fingerprint density at radius 3 is 2.68 bits per heavy atom. The molecule has 1 atom stereocenters. The predicted octanol–water partition coefficient (Wildman–Crippen LogP) is 1.23. The molecule has 3 aromatic heterocycles. The summed E-state index contributed by atoms with van der Waals surface area (Å²) in [6.45, 7) is 4.49. The summed E-state index contributed by atoms with van der Waals surface area (Å²) in [4.78, 5) is 2.32. The Hall–Kier alpha value is -3.40. The van der Waals surface area contributed by atoms with Crippen LogP contribution in [-0.2, 0) is 20.1 Å². The molecule has 1 aliphatic rings. The van der Waals surface area contributed by atoms with Crippen molar-refractivity contribution in [3.8, 4) is 17.1 Å². The third kappa shape index (κ3) is 2.78. The Balaban J connectivity index is 1.40. The molecule has 0 fully saturated rings. The van der Waals surface area contributed by atoms with E-state index in [-0.39, 0.29) is 6.04 Å². The minimum Gasteiger partial charge on any atom is -0.309 e. The maximum atomic E-state index is 4.41. The summed E-state index contributed by atoms with van der Waals surface area (Å²) in [5, 5.41) is 25.4. The molecule has 0 spiro atoms. The van der Waals surface area contributed by atoms with Crippen LogP contribution in [-0.4, -0.2) is 56.2 Å². The van der Waals surface area contributed by atoms with Gasteiger partial charge in [0.2, 0.25) is 0 Å². The third-order valence-electron chi connectivity index (χ3n) is 5.16. The number of nitrogens with zero attached hydrogens (tertiary/aromatic N) is 10. The Bertz CT molecular complexity index is 1090. The number of hydrogen-bond donors (Lipinski definition) is 0. The molecule has 4 aromatic rings. The van der Waals surface area contributed by atoms with Crippen molar-refractivity contribution in [2.24, 2.45) is 7.05 Å². The molecule has 1 aliphatic heterocycles. The summed E-state index contributed by atoms with van der Waals surface area (Å²) in [5.41, 5.74) is 1.93. The van der Waals surface area contributed by atoms with Crippen molar-refractivity contribution in [2.45, 2.75) is 26.1 Å². The van der Waals surface area contributed by atoms with Gasteiger partial charge in [0.25, 0.3) is 0 Å². The van der Waals surface area contributed by atoms with Crippen molar-refractivity contribution in [2.75, 3.05) is 6.54 Å². The Morgan fingerprint density at radius 2 is 1.89 bits per heavy atom. The lowest BCUT2D eigenvalue weighted by atomic mass is 10.2. The van der Waals surface area contributed by atoms with Gasteiger partial charge in [0.1, 0.15) is 5.82 Å². The number of para-hydroxylation sites is 1. The number of aryl methyl sites for hydroxylation is 1. The highest BCUT2D eigenvalue weighted by Crippen LogP contribution is 2.27. The van der Waals surface area contributed by atoms with E-state index in [0.717, 1.165) is 41.8 Å². The summed E-state index contributed by atoms with van der Waals surface area (Å²) >= 11 is 0. The number of benzene rings is 1. The minimum absolute atomic E-state index is 0.0440. The molecular formula is C18H20N10. The average Bonchev–Trinajstić information content (AvgIpc) is 3.46. The van der Waals surface area contributed by atoms with E-state index in [9.17, 15) is 0 Å². The number of rotatable bonds is 4. The fourth-order valence-corrected chi connectivity index (χ4v) is 3.63. The van der Waals surface area contributed by atoms with Crippen LogP contribution in [0.25, 0.3) is 17.1 Å². The molecule has 10 nitrogen and oxygen atoms in total. The number of hydrogen-bond acceptors (Lipinski definition) is 7. The molecule has 0 radical (unpaired) electrons. The minimum atomic E-state index is 0.0440. The molecule has 0 saturated heterocycles. The molecule has 10 heteroatoms. The van der Waals surface area contributed by atoms with Gasteiger partial charge in [-0.1, -0.05) is 18.2 Å². The highest BCUT2D eigenvalue weighted by molar-refractivity contribution is 5.52. The molecular weight excluding hydrogens is 356 g/mol. The van der Waals surface area contributed by atoms with Gasteiger partial charge in [0, 0.05) is 26.3 Å². The molecule has 28 heavy (non-hydrogen) atoms. The van der Waals surface area contributed by atoms with E-state index in [1.165, 1.54) is 0 Å². The van der Waals surface area contributed by atoms with Crippen molar-refractivity contribution in [1.29, 1.82) is 0 Å². The lowest BCUT2D eigenvalue weighted by Gasteiger charge is -2.31. The van der Waals surface area contributed by atoms with Crippen LogP contribution in [0.3, 0.4) is 0 Å². The Kier molecular flexibility index (Phi) is 3.97. The summed E-state index contributed by atoms with van der Waals surface area (Å²) < 4.78 is 5.74. The van der Waals surface area contributed by atoms with Crippen LogP contribution in [0, 0.1) is 0 Å². The zero-order chi connectivity index (χ0) is 19.1. The average molecular weight is 376 g/mol. The predicted molar refractivity (Wildman–Crippen MR) is 100 cm³/mol. The van der Waals surface area contributed by atoms with Gasteiger partial charge in [0.15, 0.2) is 11.6 Å². The van der Waals surface area contributed by atoms with Crippen molar-refractivity contribution in [1.82, 2.24) is 49.7 Å². The molecule has 142 valence electrons. The van der Waals surface area contributed by atoms with E-state index in [2.05, 4.69) is 47.2 Å². The summed E-state index contributed by atoms with van der Waals surface area (Å²) in [5.74, 6) is 2.62. The molecule has 1 aromatic carbocycles. The van der Waals surface area contributed by atoms with Crippen LogP contribution in [0.1, 0.15) is 24.6 Å². The Labute approximate surface area is 161 Å². The normalized spacial score (nSPS) is 15.5. The SMILES string of the molecule is CC(c1nnnn1-c1ccccc1)N1CCn2c(nnc2-c2cnn(C)c2)C1. The topological polar surface area (TPSA) is 95.4 Å². The molecule has 1 unspecified atom stereocenters. The first kappa shape index (κ1) is 16.8. The monoisotopic (exact) mass is 376 g/mol. The largest absolute Gasteiger partial charge is 0.309 e. The van der Waals surface area contributed by atoms with E-state index in [4.69, 9.17) is 0 Å². The zero-order valence-electron chi connectivity index (χ0n) is 15.7. The lowest BCUT2D eigenvalue weighted by Crippen LogP contribution is -2.37. The maximum Gasteiger partial charge on any atom is 0.173 e. The molecule has 0 aliphatic carbocycles. The highest BCUT2D eigenvalue weighted by atomic mass is 15.6. The fraction of sp³-hybridized carbons (Fsp3) is 0.333. The number of tetrazole rings is 1.